The molecule has 0 atom stereocenters. The van der Waals surface area contributed by atoms with Crippen LogP contribution in [0.2, 0.25) is 0 Å². The number of rotatable bonds is 5. The van der Waals surface area contributed by atoms with Gasteiger partial charge in [0.1, 0.15) is 5.54 Å². The number of benzene rings is 2. The van der Waals surface area contributed by atoms with Crippen LogP contribution in [0.25, 0.3) is 10.8 Å². The molecule has 0 fully saturated rings. The lowest BCUT2D eigenvalue weighted by molar-refractivity contribution is -0.272. The molecule has 2 aromatic rings. The SMILES string of the molecule is CCOOC(=O)C(C)(C)Nc1cccc2ccccc12. The molecule has 20 heavy (non-hydrogen) atoms. The summed E-state index contributed by atoms with van der Waals surface area (Å²) in [5, 5.41) is 5.39. The Bertz CT molecular complexity index is 602. The first-order valence-electron chi connectivity index (χ1n) is 6.64. The van der Waals surface area contributed by atoms with Crippen molar-refractivity contribution in [3.63, 3.8) is 0 Å². The molecule has 1 N–H and O–H groups in total. The van der Waals surface area contributed by atoms with Gasteiger partial charge in [0.2, 0.25) is 0 Å². The molecule has 0 amide bonds. The van der Waals surface area contributed by atoms with Gasteiger partial charge in [0.15, 0.2) is 0 Å². The smallest absolute Gasteiger partial charge is 0.366 e. The molecule has 4 heteroatoms. The van der Waals surface area contributed by atoms with Gasteiger partial charge < -0.3 is 5.32 Å². The summed E-state index contributed by atoms with van der Waals surface area (Å²) in [7, 11) is 0. The van der Waals surface area contributed by atoms with Crippen LogP contribution in [0.3, 0.4) is 0 Å². The Morgan fingerprint density at radius 1 is 1.15 bits per heavy atom. The maximum absolute atomic E-state index is 12.0. The lowest BCUT2D eigenvalue weighted by Gasteiger charge is -2.25. The van der Waals surface area contributed by atoms with E-state index in [4.69, 9.17) is 9.78 Å². The second-order valence-corrected chi connectivity index (χ2v) is 5.05. The summed E-state index contributed by atoms with van der Waals surface area (Å²) in [6.07, 6.45) is 0. The highest BCUT2D eigenvalue weighted by Crippen LogP contribution is 2.26. The van der Waals surface area contributed by atoms with Gasteiger partial charge in [-0.1, -0.05) is 36.4 Å². The van der Waals surface area contributed by atoms with Crippen LogP contribution in [0.4, 0.5) is 5.69 Å². The lowest BCUT2D eigenvalue weighted by Crippen LogP contribution is -2.41. The molecule has 0 aliphatic rings. The van der Waals surface area contributed by atoms with Crippen molar-refractivity contribution >= 4 is 22.4 Å². The summed E-state index contributed by atoms with van der Waals surface area (Å²) >= 11 is 0. The van der Waals surface area contributed by atoms with E-state index in [1.807, 2.05) is 42.5 Å². The van der Waals surface area contributed by atoms with Crippen LogP contribution >= 0.6 is 0 Å². The molecule has 0 saturated heterocycles. The number of carbonyl (C=O) groups excluding carboxylic acids is 1. The van der Waals surface area contributed by atoms with E-state index in [0.717, 1.165) is 16.5 Å². The van der Waals surface area contributed by atoms with E-state index in [0.29, 0.717) is 6.61 Å². The largest absolute Gasteiger partial charge is 0.370 e. The Hall–Kier alpha value is -2.07. The number of hydrogen-bond acceptors (Lipinski definition) is 4. The summed E-state index contributed by atoms with van der Waals surface area (Å²) in [5.74, 6) is -0.452. The molecule has 0 aliphatic heterocycles. The lowest BCUT2D eigenvalue weighted by atomic mass is 10.0. The minimum absolute atomic E-state index is 0.329. The Morgan fingerprint density at radius 3 is 2.60 bits per heavy atom. The average Bonchev–Trinajstić information content (AvgIpc) is 2.44. The normalized spacial score (nSPS) is 11.3. The van der Waals surface area contributed by atoms with Gasteiger partial charge >= 0.3 is 5.97 Å². The van der Waals surface area contributed by atoms with Gasteiger partial charge in [-0.05, 0) is 32.2 Å². The molecular formula is C16H19NO3. The minimum Gasteiger partial charge on any atom is -0.370 e. The van der Waals surface area contributed by atoms with E-state index in [9.17, 15) is 4.79 Å². The van der Waals surface area contributed by atoms with Crippen molar-refractivity contribution in [2.24, 2.45) is 0 Å². The quantitative estimate of drug-likeness (QED) is 0.669. The highest BCUT2D eigenvalue weighted by atomic mass is 17.2. The van der Waals surface area contributed by atoms with Gasteiger partial charge in [-0.15, -0.1) is 0 Å². The highest BCUT2D eigenvalue weighted by molar-refractivity contribution is 5.96. The number of nitrogens with one attached hydrogen (secondary N) is 1. The number of fused-ring (bicyclic) bond motifs is 1. The van der Waals surface area contributed by atoms with Crippen LogP contribution < -0.4 is 5.32 Å². The van der Waals surface area contributed by atoms with Crippen molar-refractivity contribution < 1.29 is 14.6 Å². The van der Waals surface area contributed by atoms with Crippen LogP contribution in [-0.2, 0) is 14.6 Å². The molecule has 106 valence electrons. The monoisotopic (exact) mass is 273 g/mol. The van der Waals surface area contributed by atoms with Crippen LogP contribution in [0.1, 0.15) is 20.8 Å². The molecule has 4 nitrogen and oxygen atoms in total. The van der Waals surface area contributed by atoms with E-state index in [-0.39, 0.29) is 0 Å². The minimum atomic E-state index is -0.876. The molecule has 0 spiro atoms. The van der Waals surface area contributed by atoms with Gasteiger partial charge in [0, 0.05) is 11.1 Å². The van der Waals surface area contributed by atoms with Crippen LogP contribution in [0.15, 0.2) is 42.5 Å². The topological polar surface area (TPSA) is 47.6 Å². The van der Waals surface area contributed by atoms with Crippen molar-refractivity contribution in [3.05, 3.63) is 42.5 Å². The van der Waals surface area contributed by atoms with Crippen LogP contribution in [0, 0.1) is 0 Å². The number of hydrogen-bond donors (Lipinski definition) is 1. The number of anilines is 1. The summed E-state index contributed by atoms with van der Waals surface area (Å²) in [6, 6.07) is 13.9. The Kier molecular flexibility index (Phi) is 4.25. The van der Waals surface area contributed by atoms with Gasteiger partial charge in [-0.25, -0.2) is 4.79 Å². The van der Waals surface area contributed by atoms with Gasteiger partial charge in [-0.2, -0.15) is 4.89 Å². The van der Waals surface area contributed by atoms with E-state index in [2.05, 4.69) is 5.32 Å². The van der Waals surface area contributed by atoms with Crippen LogP contribution in [0.5, 0.6) is 0 Å². The first-order valence-corrected chi connectivity index (χ1v) is 6.64. The van der Waals surface area contributed by atoms with Crippen molar-refractivity contribution in [1.29, 1.82) is 0 Å². The zero-order chi connectivity index (χ0) is 14.6. The fraction of sp³-hybridized carbons (Fsp3) is 0.312. The average molecular weight is 273 g/mol. The fourth-order valence-electron chi connectivity index (χ4n) is 1.94. The van der Waals surface area contributed by atoms with Crippen molar-refractivity contribution in [3.8, 4) is 0 Å². The predicted molar refractivity (Wildman–Crippen MR) is 79.4 cm³/mol. The molecule has 0 saturated carbocycles. The van der Waals surface area contributed by atoms with Crippen molar-refractivity contribution in [2.75, 3.05) is 11.9 Å². The van der Waals surface area contributed by atoms with Gasteiger partial charge in [0.25, 0.3) is 0 Å². The van der Waals surface area contributed by atoms with E-state index in [1.54, 1.807) is 20.8 Å². The highest BCUT2D eigenvalue weighted by Gasteiger charge is 2.30. The number of carbonyl (C=O) groups is 1. The zero-order valence-corrected chi connectivity index (χ0v) is 12.0. The molecule has 0 heterocycles. The molecule has 0 aromatic heterocycles. The van der Waals surface area contributed by atoms with Crippen LogP contribution in [-0.4, -0.2) is 18.1 Å². The Morgan fingerprint density at radius 2 is 1.85 bits per heavy atom. The van der Waals surface area contributed by atoms with E-state index < -0.39 is 11.5 Å². The molecule has 0 aliphatic carbocycles. The molecular weight excluding hydrogens is 254 g/mol. The molecule has 2 aromatic carbocycles. The summed E-state index contributed by atoms with van der Waals surface area (Å²) in [4.78, 5) is 21.4. The maximum Gasteiger partial charge on any atom is 0.366 e. The second-order valence-electron chi connectivity index (χ2n) is 5.05. The maximum atomic E-state index is 12.0. The Labute approximate surface area is 118 Å². The van der Waals surface area contributed by atoms with Gasteiger partial charge in [-0.3, -0.25) is 4.89 Å². The molecule has 0 radical (unpaired) electrons. The third kappa shape index (κ3) is 3.08. The fourth-order valence-corrected chi connectivity index (χ4v) is 1.94. The zero-order valence-electron chi connectivity index (χ0n) is 12.0. The summed E-state index contributed by atoms with van der Waals surface area (Å²) in [6.45, 7) is 5.61. The predicted octanol–water partition coefficient (Wildman–Crippen LogP) is 3.53. The third-order valence-corrected chi connectivity index (χ3v) is 3.00. The molecule has 2 rings (SSSR count). The standard InChI is InChI=1S/C16H19NO3/c1-4-19-20-15(18)16(2,3)17-14-11-7-9-12-8-5-6-10-13(12)14/h5-11,17H,4H2,1-3H3. The van der Waals surface area contributed by atoms with Gasteiger partial charge in [0.05, 0.1) is 6.61 Å². The van der Waals surface area contributed by atoms with Crippen molar-refractivity contribution in [1.82, 2.24) is 0 Å². The first kappa shape index (κ1) is 14.3. The first-order chi connectivity index (χ1) is 9.54. The summed E-state index contributed by atoms with van der Waals surface area (Å²) < 4.78 is 0. The molecule has 0 bridgehead atoms. The van der Waals surface area contributed by atoms with Crippen molar-refractivity contribution in [2.45, 2.75) is 26.3 Å². The summed E-state index contributed by atoms with van der Waals surface area (Å²) in [5.41, 5.74) is 0.0146. The molecule has 0 unspecified atom stereocenters. The Balaban J connectivity index is 2.25. The third-order valence-electron chi connectivity index (χ3n) is 3.00. The second kappa shape index (κ2) is 5.92. The van der Waals surface area contributed by atoms with E-state index >= 15 is 0 Å². The van der Waals surface area contributed by atoms with E-state index in [1.165, 1.54) is 0 Å².